The first-order valence-corrected chi connectivity index (χ1v) is 8.68. The van der Waals surface area contributed by atoms with Gasteiger partial charge in [0.2, 0.25) is 5.91 Å². The highest BCUT2D eigenvalue weighted by atomic mass is 16.5. The molecule has 0 radical (unpaired) electrons. The summed E-state index contributed by atoms with van der Waals surface area (Å²) in [6.07, 6.45) is 1.96. The van der Waals surface area contributed by atoms with E-state index in [9.17, 15) is 14.4 Å². The van der Waals surface area contributed by atoms with Gasteiger partial charge in [-0.3, -0.25) is 4.79 Å². The number of fused-ring (bicyclic) bond motifs is 4. The SMILES string of the molecule is CCOC(=O)[C@H](C)NC(=O)[C@@H](C)NC(=O)N1CCN2CCC1CC2. The van der Waals surface area contributed by atoms with Gasteiger partial charge in [-0.1, -0.05) is 0 Å². The molecule has 0 unspecified atom stereocenters. The van der Waals surface area contributed by atoms with Crippen LogP contribution in [0.15, 0.2) is 0 Å². The third-order valence-electron chi connectivity index (χ3n) is 4.65. The number of hydrogen-bond donors (Lipinski definition) is 2. The monoisotopic (exact) mass is 340 g/mol. The maximum Gasteiger partial charge on any atom is 0.328 e. The minimum atomic E-state index is -0.738. The quantitative estimate of drug-likeness (QED) is 0.684. The first-order chi connectivity index (χ1) is 11.4. The summed E-state index contributed by atoms with van der Waals surface area (Å²) >= 11 is 0. The van der Waals surface area contributed by atoms with Gasteiger partial charge in [-0.05, 0) is 33.6 Å². The summed E-state index contributed by atoms with van der Waals surface area (Å²) in [4.78, 5) is 40.4. The molecule has 2 atom stereocenters. The molecule has 3 saturated heterocycles. The molecule has 0 spiro atoms. The molecule has 0 aromatic heterocycles. The van der Waals surface area contributed by atoms with Crippen molar-refractivity contribution in [2.24, 2.45) is 0 Å². The summed E-state index contributed by atoms with van der Waals surface area (Å²) in [6, 6.07) is -1.42. The molecule has 8 nitrogen and oxygen atoms in total. The lowest BCUT2D eigenvalue weighted by Crippen LogP contribution is -2.54. The summed E-state index contributed by atoms with van der Waals surface area (Å²) < 4.78 is 4.85. The number of rotatable bonds is 5. The molecule has 0 saturated carbocycles. The van der Waals surface area contributed by atoms with Gasteiger partial charge in [0.25, 0.3) is 0 Å². The average molecular weight is 340 g/mol. The zero-order valence-corrected chi connectivity index (χ0v) is 14.7. The van der Waals surface area contributed by atoms with Gasteiger partial charge in [0.15, 0.2) is 0 Å². The van der Waals surface area contributed by atoms with Crippen LogP contribution >= 0.6 is 0 Å². The second-order valence-corrected chi connectivity index (χ2v) is 6.42. The molecule has 24 heavy (non-hydrogen) atoms. The van der Waals surface area contributed by atoms with Gasteiger partial charge in [0.05, 0.1) is 6.61 Å². The van der Waals surface area contributed by atoms with Crippen LogP contribution in [0.3, 0.4) is 0 Å². The number of carbonyl (C=O) groups is 3. The standard InChI is InChI=1S/C16H28N4O4/c1-4-24-15(22)12(3)17-14(21)11(2)18-16(23)20-10-9-19-7-5-13(20)6-8-19/h11-13H,4-10H2,1-3H3,(H,17,21)(H,18,23)/t11-,12+/m1/s1. The van der Waals surface area contributed by atoms with Crippen LogP contribution in [0.25, 0.3) is 0 Å². The van der Waals surface area contributed by atoms with Crippen molar-refractivity contribution in [1.82, 2.24) is 20.4 Å². The molecule has 3 fully saturated rings. The number of nitrogens with zero attached hydrogens (tertiary/aromatic N) is 2. The second kappa shape index (κ2) is 8.32. The zero-order chi connectivity index (χ0) is 17.7. The van der Waals surface area contributed by atoms with Gasteiger partial charge in [0.1, 0.15) is 12.1 Å². The molecule has 0 aromatic carbocycles. The van der Waals surface area contributed by atoms with Gasteiger partial charge in [-0.25, -0.2) is 9.59 Å². The number of piperidine rings is 1. The predicted octanol–water partition coefficient (Wildman–Crippen LogP) is -0.0677. The Morgan fingerprint density at radius 2 is 1.71 bits per heavy atom. The fourth-order valence-electron chi connectivity index (χ4n) is 3.15. The topological polar surface area (TPSA) is 91.0 Å². The predicted molar refractivity (Wildman–Crippen MR) is 88.4 cm³/mol. The Bertz CT molecular complexity index is 477. The van der Waals surface area contributed by atoms with E-state index in [1.807, 2.05) is 4.90 Å². The van der Waals surface area contributed by atoms with Crippen LogP contribution < -0.4 is 10.6 Å². The van der Waals surface area contributed by atoms with Crippen LogP contribution in [0.4, 0.5) is 4.79 Å². The van der Waals surface area contributed by atoms with Crippen LogP contribution in [-0.2, 0) is 14.3 Å². The highest BCUT2D eigenvalue weighted by molar-refractivity contribution is 5.90. The van der Waals surface area contributed by atoms with E-state index in [2.05, 4.69) is 15.5 Å². The molecule has 2 bridgehead atoms. The van der Waals surface area contributed by atoms with E-state index < -0.39 is 24.0 Å². The minimum absolute atomic E-state index is 0.213. The van der Waals surface area contributed by atoms with Crippen molar-refractivity contribution in [3.8, 4) is 0 Å². The molecule has 2 N–H and O–H groups in total. The Balaban J connectivity index is 1.84. The van der Waals surface area contributed by atoms with Gasteiger partial charge >= 0.3 is 12.0 Å². The number of carbonyl (C=O) groups excluding carboxylic acids is 3. The zero-order valence-electron chi connectivity index (χ0n) is 14.7. The van der Waals surface area contributed by atoms with E-state index >= 15 is 0 Å². The van der Waals surface area contributed by atoms with Crippen LogP contribution in [0.5, 0.6) is 0 Å². The average Bonchev–Trinajstić information content (AvgIpc) is 2.88. The van der Waals surface area contributed by atoms with Crippen molar-refractivity contribution < 1.29 is 19.1 Å². The first-order valence-electron chi connectivity index (χ1n) is 8.68. The summed E-state index contributed by atoms with van der Waals surface area (Å²) in [5.74, 6) is -0.880. The number of nitrogens with one attached hydrogen (secondary N) is 2. The number of hydrogen-bond acceptors (Lipinski definition) is 5. The Labute approximate surface area is 142 Å². The second-order valence-electron chi connectivity index (χ2n) is 6.42. The van der Waals surface area contributed by atoms with E-state index in [0.717, 1.165) is 32.5 Å². The van der Waals surface area contributed by atoms with Gasteiger partial charge in [-0.2, -0.15) is 0 Å². The van der Waals surface area contributed by atoms with Crippen molar-refractivity contribution >= 4 is 17.9 Å². The Morgan fingerprint density at radius 3 is 2.33 bits per heavy atom. The van der Waals surface area contributed by atoms with Crippen LogP contribution in [0, 0.1) is 0 Å². The van der Waals surface area contributed by atoms with E-state index in [4.69, 9.17) is 4.74 Å². The van der Waals surface area contributed by atoms with E-state index in [-0.39, 0.29) is 18.7 Å². The molecular formula is C16H28N4O4. The molecule has 3 aliphatic rings. The fraction of sp³-hybridized carbons (Fsp3) is 0.812. The van der Waals surface area contributed by atoms with Crippen molar-refractivity contribution in [2.45, 2.75) is 51.7 Å². The maximum atomic E-state index is 12.5. The number of esters is 1. The highest BCUT2D eigenvalue weighted by Crippen LogP contribution is 2.20. The summed E-state index contributed by atoms with van der Waals surface area (Å²) in [5, 5.41) is 5.30. The van der Waals surface area contributed by atoms with Gasteiger partial charge < -0.3 is 25.2 Å². The Morgan fingerprint density at radius 1 is 1.04 bits per heavy atom. The van der Waals surface area contributed by atoms with Crippen molar-refractivity contribution in [1.29, 1.82) is 0 Å². The van der Waals surface area contributed by atoms with Gasteiger partial charge in [0, 0.05) is 32.2 Å². The van der Waals surface area contributed by atoms with E-state index in [0.29, 0.717) is 6.54 Å². The smallest absolute Gasteiger partial charge is 0.328 e. The number of ether oxygens (including phenoxy) is 1. The van der Waals surface area contributed by atoms with Crippen LogP contribution in [0.2, 0.25) is 0 Å². The van der Waals surface area contributed by atoms with Crippen LogP contribution in [0.1, 0.15) is 33.6 Å². The first kappa shape index (κ1) is 18.5. The molecule has 3 aliphatic heterocycles. The minimum Gasteiger partial charge on any atom is -0.464 e. The normalized spacial score (nSPS) is 25.4. The van der Waals surface area contributed by atoms with E-state index in [1.54, 1.807) is 20.8 Å². The van der Waals surface area contributed by atoms with Crippen molar-refractivity contribution in [2.75, 3.05) is 32.8 Å². The molecule has 3 amide bonds. The lowest BCUT2D eigenvalue weighted by atomic mass is 10.1. The molecule has 0 aromatic rings. The number of urea groups is 1. The summed E-state index contributed by atoms with van der Waals surface area (Å²) in [6.45, 7) is 8.77. The molecule has 136 valence electrons. The molecule has 0 aliphatic carbocycles. The largest absolute Gasteiger partial charge is 0.464 e. The van der Waals surface area contributed by atoms with Gasteiger partial charge in [-0.15, -0.1) is 0 Å². The number of amides is 3. The fourth-order valence-corrected chi connectivity index (χ4v) is 3.15. The summed E-state index contributed by atoms with van der Waals surface area (Å²) in [5.41, 5.74) is 0. The van der Waals surface area contributed by atoms with Crippen LogP contribution in [-0.4, -0.2) is 78.6 Å². The lowest BCUT2D eigenvalue weighted by Gasteiger charge is -2.32. The third kappa shape index (κ3) is 4.59. The lowest BCUT2D eigenvalue weighted by molar-refractivity contribution is -0.147. The summed E-state index contributed by atoms with van der Waals surface area (Å²) in [7, 11) is 0. The Hall–Kier alpha value is -1.83. The molecule has 8 heteroatoms. The molecule has 3 rings (SSSR count). The molecule has 3 heterocycles. The van der Waals surface area contributed by atoms with E-state index in [1.165, 1.54) is 0 Å². The van der Waals surface area contributed by atoms with Crippen molar-refractivity contribution in [3.05, 3.63) is 0 Å². The maximum absolute atomic E-state index is 12.5. The Kier molecular flexibility index (Phi) is 6.42. The highest BCUT2D eigenvalue weighted by Gasteiger charge is 2.33. The van der Waals surface area contributed by atoms with Crippen molar-refractivity contribution in [3.63, 3.8) is 0 Å². The third-order valence-corrected chi connectivity index (χ3v) is 4.65. The molecular weight excluding hydrogens is 312 g/mol.